The molecule has 2 aliphatic heterocycles. The molecule has 120 valence electrons. The molecule has 1 atom stereocenters. The fourth-order valence-electron chi connectivity index (χ4n) is 3.74. The summed E-state index contributed by atoms with van der Waals surface area (Å²) in [4.78, 5) is 28.7. The van der Waals surface area contributed by atoms with Crippen molar-refractivity contribution in [3.8, 4) is 0 Å². The molecule has 0 saturated carbocycles. The lowest BCUT2D eigenvalue weighted by Crippen LogP contribution is -2.55. The number of carboxylic acid groups (broad SMARTS) is 1. The number of carboxylic acids is 1. The highest BCUT2D eigenvalue weighted by atomic mass is 35.5. The number of halogens is 1. The van der Waals surface area contributed by atoms with E-state index in [1.54, 1.807) is 23.3 Å². The summed E-state index contributed by atoms with van der Waals surface area (Å²) in [5.41, 5.74) is -0.507. The molecule has 3 rings (SSSR count). The molecule has 2 fully saturated rings. The van der Waals surface area contributed by atoms with Crippen LogP contribution in [-0.2, 0) is 16.1 Å². The van der Waals surface area contributed by atoms with Crippen LogP contribution in [0.15, 0.2) is 12.1 Å². The van der Waals surface area contributed by atoms with E-state index in [4.69, 9.17) is 11.6 Å². The van der Waals surface area contributed by atoms with Crippen molar-refractivity contribution in [1.82, 2.24) is 9.80 Å². The molecule has 1 N–H and O–H groups in total. The van der Waals surface area contributed by atoms with E-state index in [-0.39, 0.29) is 12.3 Å². The summed E-state index contributed by atoms with van der Waals surface area (Å²) in [6.45, 7) is 2.44. The minimum absolute atomic E-state index is 0.0501. The molecule has 0 unspecified atom stereocenters. The third-order valence-electron chi connectivity index (χ3n) is 5.10. The topological polar surface area (TPSA) is 60.9 Å². The lowest BCUT2D eigenvalue weighted by molar-refractivity contribution is -0.146. The molecule has 1 amide bonds. The van der Waals surface area contributed by atoms with E-state index in [0.29, 0.717) is 12.8 Å². The molecule has 2 saturated heterocycles. The maximum atomic E-state index is 12.0. The smallest absolute Gasteiger partial charge is 0.309 e. The Labute approximate surface area is 138 Å². The molecule has 3 heterocycles. The first-order valence-electron chi connectivity index (χ1n) is 7.38. The van der Waals surface area contributed by atoms with Crippen molar-refractivity contribution < 1.29 is 14.7 Å². The van der Waals surface area contributed by atoms with Crippen LogP contribution in [-0.4, -0.2) is 52.5 Å². The number of thiophene rings is 1. The predicted octanol–water partition coefficient (Wildman–Crippen LogP) is 2.30. The van der Waals surface area contributed by atoms with Crippen LogP contribution in [0.5, 0.6) is 0 Å². The zero-order valence-electron chi connectivity index (χ0n) is 12.4. The second-order valence-electron chi connectivity index (χ2n) is 6.13. The normalized spacial score (nSPS) is 25.1. The van der Waals surface area contributed by atoms with Crippen molar-refractivity contribution in [2.45, 2.75) is 31.3 Å². The average molecular weight is 343 g/mol. The van der Waals surface area contributed by atoms with Gasteiger partial charge >= 0.3 is 5.97 Å². The van der Waals surface area contributed by atoms with Gasteiger partial charge in [-0.1, -0.05) is 11.6 Å². The van der Waals surface area contributed by atoms with E-state index in [2.05, 4.69) is 4.90 Å². The number of hydrogen-bond acceptors (Lipinski definition) is 4. The monoisotopic (exact) mass is 342 g/mol. The number of rotatable bonds is 3. The third-order valence-corrected chi connectivity index (χ3v) is 6.31. The molecule has 22 heavy (non-hydrogen) atoms. The number of amides is 1. The summed E-state index contributed by atoms with van der Waals surface area (Å²) >= 11 is 7.53. The molecule has 1 aromatic rings. The van der Waals surface area contributed by atoms with E-state index < -0.39 is 17.4 Å². The first kappa shape index (κ1) is 15.8. The Kier molecular flexibility index (Phi) is 4.18. The Hall–Kier alpha value is -1.11. The predicted molar refractivity (Wildman–Crippen MR) is 85.1 cm³/mol. The van der Waals surface area contributed by atoms with Gasteiger partial charge in [-0.05, 0) is 25.0 Å². The zero-order valence-corrected chi connectivity index (χ0v) is 14.0. The second kappa shape index (κ2) is 5.83. The van der Waals surface area contributed by atoms with Crippen LogP contribution in [0.25, 0.3) is 0 Å². The summed E-state index contributed by atoms with van der Waals surface area (Å²) in [7, 11) is 1.75. The Morgan fingerprint density at radius 3 is 2.68 bits per heavy atom. The molecule has 0 aliphatic carbocycles. The molecule has 1 aromatic heterocycles. The van der Waals surface area contributed by atoms with Crippen LogP contribution >= 0.6 is 22.9 Å². The first-order chi connectivity index (χ1) is 10.4. The van der Waals surface area contributed by atoms with Gasteiger partial charge in [0, 0.05) is 38.0 Å². The summed E-state index contributed by atoms with van der Waals surface area (Å²) in [6.07, 6.45) is 1.56. The van der Waals surface area contributed by atoms with Gasteiger partial charge in [0.25, 0.3) is 0 Å². The van der Waals surface area contributed by atoms with Crippen LogP contribution in [0.2, 0.25) is 4.34 Å². The van der Waals surface area contributed by atoms with Gasteiger partial charge in [-0.15, -0.1) is 11.3 Å². The van der Waals surface area contributed by atoms with Gasteiger partial charge in [-0.3, -0.25) is 14.5 Å². The van der Waals surface area contributed by atoms with E-state index in [0.717, 1.165) is 24.0 Å². The van der Waals surface area contributed by atoms with Gasteiger partial charge in [0.05, 0.1) is 15.8 Å². The van der Waals surface area contributed by atoms with Crippen molar-refractivity contribution in [3.63, 3.8) is 0 Å². The molecule has 0 radical (unpaired) electrons. The fourth-order valence-corrected chi connectivity index (χ4v) is 4.87. The molecular formula is C15H19ClN2O3S. The molecule has 1 spiro atoms. The van der Waals surface area contributed by atoms with Crippen LogP contribution in [0.1, 0.15) is 24.1 Å². The summed E-state index contributed by atoms with van der Waals surface area (Å²) in [5, 5.41) is 9.46. The Balaban J connectivity index is 1.69. The second-order valence-corrected chi connectivity index (χ2v) is 7.93. The Morgan fingerprint density at radius 1 is 1.45 bits per heavy atom. The molecular weight excluding hydrogens is 324 g/mol. The Morgan fingerprint density at radius 2 is 2.14 bits per heavy atom. The molecule has 2 aliphatic rings. The van der Waals surface area contributed by atoms with Crippen molar-refractivity contribution in [2.75, 3.05) is 20.1 Å². The molecule has 5 nitrogen and oxygen atoms in total. The van der Waals surface area contributed by atoms with Gasteiger partial charge in [0.15, 0.2) is 0 Å². The first-order valence-corrected chi connectivity index (χ1v) is 8.58. The lowest BCUT2D eigenvalue weighted by Gasteiger charge is -2.45. The van der Waals surface area contributed by atoms with Crippen molar-refractivity contribution >= 4 is 34.8 Å². The number of carbonyl (C=O) groups excluding carboxylic acids is 1. The zero-order chi connectivity index (χ0) is 15.9. The maximum Gasteiger partial charge on any atom is 0.309 e. The lowest BCUT2D eigenvalue weighted by atomic mass is 9.77. The minimum atomic E-state index is -0.851. The number of piperidine rings is 1. The van der Waals surface area contributed by atoms with Gasteiger partial charge in [-0.2, -0.15) is 0 Å². The van der Waals surface area contributed by atoms with Crippen molar-refractivity contribution in [3.05, 3.63) is 21.3 Å². The van der Waals surface area contributed by atoms with Gasteiger partial charge in [0.2, 0.25) is 5.91 Å². The highest BCUT2D eigenvalue weighted by Gasteiger charge is 2.55. The standard InChI is InChI=1S/C15H19ClN2O3S/c1-17-13(19)8-11(14(20)21)15(17)4-6-18(7-5-15)9-10-2-3-12(16)22-10/h2-3,11H,4-9H2,1H3,(H,20,21)/t11-/m1/s1. The van der Waals surface area contributed by atoms with E-state index in [1.165, 1.54) is 4.88 Å². The van der Waals surface area contributed by atoms with Crippen molar-refractivity contribution in [2.24, 2.45) is 5.92 Å². The van der Waals surface area contributed by atoms with E-state index >= 15 is 0 Å². The van der Waals surface area contributed by atoms with Gasteiger partial charge in [0.1, 0.15) is 0 Å². The number of likely N-dealkylation sites (tertiary alicyclic amines) is 2. The summed E-state index contributed by atoms with van der Waals surface area (Å²) in [6, 6.07) is 3.93. The quantitative estimate of drug-likeness (QED) is 0.915. The van der Waals surface area contributed by atoms with Gasteiger partial charge in [-0.25, -0.2) is 0 Å². The molecule has 7 heteroatoms. The highest BCUT2D eigenvalue weighted by Crippen LogP contribution is 2.43. The Bertz CT molecular complexity index is 595. The minimum Gasteiger partial charge on any atom is -0.481 e. The maximum absolute atomic E-state index is 12.0. The number of carbonyl (C=O) groups is 2. The largest absolute Gasteiger partial charge is 0.481 e. The van der Waals surface area contributed by atoms with Crippen molar-refractivity contribution in [1.29, 1.82) is 0 Å². The molecule has 0 aromatic carbocycles. The van der Waals surface area contributed by atoms with Crippen LogP contribution < -0.4 is 0 Å². The van der Waals surface area contributed by atoms with Crippen LogP contribution in [0, 0.1) is 5.92 Å². The van der Waals surface area contributed by atoms with Crippen LogP contribution in [0.4, 0.5) is 0 Å². The fraction of sp³-hybridized carbons (Fsp3) is 0.600. The summed E-state index contributed by atoms with van der Waals surface area (Å²) in [5.74, 6) is -1.48. The SMILES string of the molecule is CN1C(=O)C[C@H](C(=O)O)C12CCN(Cc1ccc(Cl)s1)CC2. The third kappa shape index (κ3) is 2.64. The summed E-state index contributed by atoms with van der Waals surface area (Å²) < 4.78 is 0.788. The van der Waals surface area contributed by atoms with E-state index in [1.807, 2.05) is 12.1 Å². The number of nitrogens with zero attached hydrogens (tertiary/aromatic N) is 2. The van der Waals surface area contributed by atoms with E-state index in [9.17, 15) is 14.7 Å². The molecule has 0 bridgehead atoms. The average Bonchev–Trinajstić information content (AvgIpc) is 2.99. The number of hydrogen-bond donors (Lipinski definition) is 1. The van der Waals surface area contributed by atoms with Gasteiger partial charge < -0.3 is 10.0 Å². The number of aliphatic carboxylic acids is 1. The van der Waals surface area contributed by atoms with Crippen LogP contribution in [0.3, 0.4) is 0 Å². The highest BCUT2D eigenvalue weighted by molar-refractivity contribution is 7.16.